The van der Waals surface area contributed by atoms with E-state index < -0.39 is 11.6 Å². The first kappa shape index (κ1) is 16.1. The van der Waals surface area contributed by atoms with E-state index in [1.807, 2.05) is 30.3 Å². The van der Waals surface area contributed by atoms with Crippen LogP contribution in [0.3, 0.4) is 0 Å². The van der Waals surface area contributed by atoms with Gasteiger partial charge in [0.1, 0.15) is 22.5 Å². The zero-order chi connectivity index (χ0) is 16.3. The summed E-state index contributed by atoms with van der Waals surface area (Å²) in [5, 5.41) is 3.36. The Balaban J connectivity index is 1.68. The number of aromatic nitrogens is 1. The number of carbonyl (C=O) groups is 1. The van der Waals surface area contributed by atoms with Gasteiger partial charge in [-0.3, -0.25) is 0 Å². The monoisotopic (exact) mass is 352 g/mol. The van der Waals surface area contributed by atoms with E-state index in [9.17, 15) is 4.79 Å². The number of hydrogen-bond donors (Lipinski definition) is 1. The lowest BCUT2D eigenvalue weighted by Crippen LogP contribution is -2.59. The molecule has 0 bridgehead atoms. The Morgan fingerprint density at radius 3 is 2.43 bits per heavy atom. The zero-order valence-electron chi connectivity index (χ0n) is 12.1. The average Bonchev–Trinajstić information content (AvgIpc) is 2.49. The maximum Gasteiger partial charge on any atom is 0.408 e. The Bertz CT molecular complexity index is 685. The number of halogens is 2. The van der Waals surface area contributed by atoms with Crippen LogP contribution in [-0.2, 0) is 21.6 Å². The van der Waals surface area contributed by atoms with Crippen molar-refractivity contribution in [1.82, 2.24) is 10.3 Å². The first-order valence-electron chi connectivity index (χ1n) is 6.98. The minimum atomic E-state index is -0.690. The Morgan fingerprint density at radius 2 is 1.87 bits per heavy atom. The minimum Gasteiger partial charge on any atom is -0.445 e. The molecule has 2 heterocycles. The molecule has 0 aliphatic carbocycles. The molecule has 1 aromatic heterocycles. The molecule has 1 saturated heterocycles. The molecule has 120 valence electrons. The molecular formula is C16H14Cl2N2O3. The lowest BCUT2D eigenvalue weighted by molar-refractivity contribution is -0.0762. The fraction of sp³-hybridized carbons (Fsp3) is 0.250. The number of carbonyl (C=O) groups excluding carboxylic acids is 1. The summed E-state index contributed by atoms with van der Waals surface area (Å²) in [5.41, 5.74) is 0.964. The summed E-state index contributed by atoms with van der Waals surface area (Å²) < 4.78 is 10.5. The predicted octanol–water partition coefficient (Wildman–Crippen LogP) is 3.54. The second-order valence-electron chi connectivity index (χ2n) is 5.26. The number of amides is 1. The normalized spacial score (nSPS) is 15.6. The molecule has 2 aromatic rings. The molecule has 3 rings (SSSR count). The van der Waals surface area contributed by atoms with Crippen molar-refractivity contribution in [3.05, 3.63) is 63.9 Å². The smallest absolute Gasteiger partial charge is 0.408 e. The van der Waals surface area contributed by atoms with Gasteiger partial charge in [-0.15, -0.1) is 0 Å². The summed E-state index contributed by atoms with van der Waals surface area (Å²) in [6.45, 7) is 0.843. The van der Waals surface area contributed by atoms with Crippen molar-refractivity contribution in [2.75, 3.05) is 13.2 Å². The fourth-order valence-electron chi connectivity index (χ4n) is 2.31. The molecule has 1 fully saturated rings. The van der Waals surface area contributed by atoms with E-state index in [4.69, 9.17) is 32.7 Å². The average molecular weight is 353 g/mol. The molecule has 0 atom stereocenters. The van der Waals surface area contributed by atoms with Crippen LogP contribution < -0.4 is 5.32 Å². The van der Waals surface area contributed by atoms with E-state index in [0.29, 0.717) is 13.2 Å². The Morgan fingerprint density at radius 1 is 1.22 bits per heavy atom. The van der Waals surface area contributed by atoms with E-state index in [-0.39, 0.29) is 16.9 Å². The molecule has 1 aromatic carbocycles. The molecule has 0 radical (unpaired) electrons. The van der Waals surface area contributed by atoms with Crippen molar-refractivity contribution < 1.29 is 14.3 Å². The van der Waals surface area contributed by atoms with Gasteiger partial charge in [0.2, 0.25) is 0 Å². The number of hydrogen-bond acceptors (Lipinski definition) is 4. The lowest BCUT2D eigenvalue weighted by Gasteiger charge is -2.42. The van der Waals surface area contributed by atoms with Crippen LogP contribution >= 0.6 is 23.2 Å². The molecule has 0 spiro atoms. The van der Waals surface area contributed by atoms with Crippen LogP contribution in [-0.4, -0.2) is 24.3 Å². The summed E-state index contributed by atoms with van der Waals surface area (Å²) in [7, 11) is 0. The van der Waals surface area contributed by atoms with E-state index in [0.717, 1.165) is 11.1 Å². The van der Waals surface area contributed by atoms with Gasteiger partial charge in [0.15, 0.2) is 0 Å². The van der Waals surface area contributed by atoms with Gasteiger partial charge >= 0.3 is 6.09 Å². The highest BCUT2D eigenvalue weighted by atomic mass is 35.5. The van der Waals surface area contributed by atoms with Crippen LogP contribution in [0.2, 0.25) is 10.3 Å². The molecule has 1 aliphatic heterocycles. The summed E-state index contributed by atoms with van der Waals surface area (Å²) in [6, 6.07) is 12.8. The lowest BCUT2D eigenvalue weighted by atomic mass is 9.89. The molecule has 1 aliphatic rings. The number of rotatable bonds is 4. The largest absolute Gasteiger partial charge is 0.445 e. The van der Waals surface area contributed by atoms with E-state index >= 15 is 0 Å². The molecular weight excluding hydrogens is 339 g/mol. The van der Waals surface area contributed by atoms with Crippen molar-refractivity contribution in [3.8, 4) is 0 Å². The molecule has 23 heavy (non-hydrogen) atoms. The molecule has 0 saturated carbocycles. The maximum atomic E-state index is 12.1. The Labute approximate surface area is 143 Å². The van der Waals surface area contributed by atoms with E-state index in [1.165, 1.54) is 0 Å². The number of alkyl carbamates (subject to hydrolysis) is 1. The topological polar surface area (TPSA) is 60.5 Å². The van der Waals surface area contributed by atoms with Crippen molar-refractivity contribution >= 4 is 29.3 Å². The fourth-order valence-corrected chi connectivity index (χ4v) is 2.77. The number of nitrogens with one attached hydrogen (secondary N) is 1. The zero-order valence-corrected chi connectivity index (χ0v) is 13.6. The summed E-state index contributed by atoms with van der Waals surface area (Å²) >= 11 is 11.9. The van der Waals surface area contributed by atoms with Gasteiger partial charge in [0.05, 0.1) is 13.2 Å². The van der Waals surface area contributed by atoms with Gasteiger partial charge < -0.3 is 14.8 Å². The van der Waals surface area contributed by atoms with Crippen molar-refractivity contribution in [2.45, 2.75) is 12.1 Å². The van der Waals surface area contributed by atoms with Gasteiger partial charge in [-0.05, 0) is 23.3 Å². The Kier molecular flexibility index (Phi) is 4.71. The highest BCUT2D eigenvalue weighted by Gasteiger charge is 2.43. The van der Waals surface area contributed by atoms with Gasteiger partial charge in [0.25, 0.3) is 0 Å². The molecule has 7 heteroatoms. The van der Waals surface area contributed by atoms with Crippen molar-refractivity contribution in [1.29, 1.82) is 0 Å². The summed E-state index contributed by atoms with van der Waals surface area (Å²) in [5.74, 6) is 0. The standard InChI is InChI=1S/C16H14Cl2N2O3/c17-13-6-12(7-14(18)19-13)16(9-22-10-16)20-15(21)23-8-11-4-2-1-3-5-11/h1-7H,8-10H2,(H,20,21). The Hall–Kier alpha value is -1.82. The third-order valence-electron chi connectivity index (χ3n) is 3.57. The van der Waals surface area contributed by atoms with Crippen LogP contribution in [0.1, 0.15) is 11.1 Å². The number of ether oxygens (including phenoxy) is 2. The quantitative estimate of drug-likeness (QED) is 0.855. The van der Waals surface area contributed by atoms with Crippen molar-refractivity contribution in [3.63, 3.8) is 0 Å². The van der Waals surface area contributed by atoms with Gasteiger partial charge in [0, 0.05) is 0 Å². The first-order chi connectivity index (χ1) is 11.1. The first-order valence-corrected chi connectivity index (χ1v) is 7.73. The van der Waals surface area contributed by atoms with E-state index in [1.54, 1.807) is 12.1 Å². The predicted molar refractivity (Wildman–Crippen MR) is 86.5 cm³/mol. The van der Waals surface area contributed by atoms with Crippen LogP contribution in [0, 0.1) is 0 Å². The van der Waals surface area contributed by atoms with Gasteiger partial charge in [-0.2, -0.15) is 0 Å². The number of nitrogens with zero attached hydrogens (tertiary/aromatic N) is 1. The SMILES string of the molecule is O=C(NC1(c2cc(Cl)nc(Cl)c2)COC1)OCc1ccccc1. The van der Waals surface area contributed by atoms with Crippen LogP contribution in [0.15, 0.2) is 42.5 Å². The van der Waals surface area contributed by atoms with Crippen molar-refractivity contribution in [2.24, 2.45) is 0 Å². The maximum absolute atomic E-state index is 12.1. The molecule has 5 nitrogen and oxygen atoms in total. The third kappa shape index (κ3) is 3.75. The minimum absolute atomic E-state index is 0.196. The third-order valence-corrected chi connectivity index (χ3v) is 3.95. The molecule has 1 N–H and O–H groups in total. The highest BCUT2D eigenvalue weighted by molar-refractivity contribution is 6.32. The van der Waals surface area contributed by atoms with Gasteiger partial charge in [-0.25, -0.2) is 9.78 Å². The highest BCUT2D eigenvalue weighted by Crippen LogP contribution is 2.32. The van der Waals surface area contributed by atoms with E-state index in [2.05, 4.69) is 10.3 Å². The summed E-state index contributed by atoms with van der Waals surface area (Å²) in [4.78, 5) is 16.0. The number of pyridine rings is 1. The second-order valence-corrected chi connectivity index (χ2v) is 6.04. The summed E-state index contributed by atoms with van der Waals surface area (Å²) in [6.07, 6.45) is -0.527. The van der Waals surface area contributed by atoms with Crippen LogP contribution in [0.5, 0.6) is 0 Å². The number of benzene rings is 1. The molecule has 0 unspecified atom stereocenters. The molecule has 1 amide bonds. The van der Waals surface area contributed by atoms with Crippen LogP contribution in [0.4, 0.5) is 4.79 Å². The van der Waals surface area contributed by atoms with Crippen LogP contribution in [0.25, 0.3) is 0 Å². The second kappa shape index (κ2) is 6.74. The van der Waals surface area contributed by atoms with Gasteiger partial charge in [-0.1, -0.05) is 53.5 Å².